The summed E-state index contributed by atoms with van der Waals surface area (Å²) in [4.78, 5) is 12.0. The van der Waals surface area contributed by atoms with Gasteiger partial charge < -0.3 is 8.83 Å². The first-order valence-corrected chi connectivity index (χ1v) is 7.68. The molecule has 120 valence electrons. The van der Waals surface area contributed by atoms with Crippen LogP contribution in [0, 0.1) is 26.6 Å². The number of benzene rings is 2. The van der Waals surface area contributed by atoms with Crippen LogP contribution in [-0.2, 0) is 0 Å². The van der Waals surface area contributed by atoms with Crippen LogP contribution in [-0.4, -0.2) is 0 Å². The number of hydrogen-bond donors (Lipinski definition) is 0. The standard InChI is InChI=1S/C20H15FO3/c1-10-6-15-16(9-19(22)23-18(15)7-11(10)2)20-12(3)14-8-13(21)4-5-17(14)24-20/h4-9H,1-3H3. The molecule has 4 aromatic rings. The zero-order valence-electron chi connectivity index (χ0n) is 13.6. The Labute approximate surface area is 137 Å². The van der Waals surface area contributed by atoms with Crippen LogP contribution in [0.1, 0.15) is 16.7 Å². The maximum atomic E-state index is 13.5. The molecule has 0 saturated heterocycles. The molecule has 0 aliphatic carbocycles. The summed E-state index contributed by atoms with van der Waals surface area (Å²) in [6.45, 7) is 5.84. The Morgan fingerprint density at radius 2 is 1.58 bits per heavy atom. The highest BCUT2D eigenvalue weighted by Gasteiger charge is 2.17. The molecule has 0 saturated carbocycles. The predicted octanol–water partition coefficient (Wildman–Crippen LogP) is 5.27. The molecule has 24 heavy (non-hydrogen) atoms. The number of hydrogen-bond acceptors (Lipinski definition) is 3. The predicted molar refractivity (Wildman–Crippen MR) is 91.9 cm³/mol. The van der Waals surface area contributed by atoms with Crippen molar-refractivity contribution in [3.63, 3.8) is 0 Å². The minimum absolute atomic E-state index is 0.318. The van der Waals surface area contributed by atoms with Crippen molar-refractivity contribution in [2.45, 2.75) is 20.8 Å². The first-order valence-electron chi connectivity index (χ1n) is 7.68. The summed E-state index contributed by atoms with van der Waals surface area (Å²) in [5.74, 6) is 0.249. The van der Waals surface area contributed by atoms with E-state index in [9.17, 15) is 9.18 Å². The monoisotopic (exact) mass is 322 g/mol. The summed E-state index contributed by atoms with van der Waals surface area (Å²) in [5.41, 5.74) is 4.28. The lowest BCUT2D eigenvalue weighted by molar-refractivity contribution is 0.559. The van der Waals surface area contributed by atoms with Crippen molar-refractivity contribution in [3.05, 3.63) is 69.3 Å². The zero-order chi connectivity index (χ0) is 17.0. The zero-order valence-corrected chi connectivity index (χ0v) is 13.6. The summed E-state index contributed by atoms with van der Waals surface area (Å²) < 4.78 is 24.8. The van der Waals surface area contributed by atoms with E-state index in [0.29, 0.717) is 27.9 Å². The Morgan fingerprint density at radius 1 is 0.833 bits per heavy atom. The third-order valence-corrected chi connectivity index (χ3v) is 4.50. The Balaban J connectivity index is 2.11. The van der Waals surface area contributed by atoms with Crippen molar-refractivity contribution >= 4 is 21.9 Å². The van der Waals surface area contributed by atoms with Crippen molar-refractivity contribution in [1.29, 1.82) is 0 Å². The van der Waals surface area contributed by atoms with Crippen LogP contribution in [0.5, 0.6) is 0 Å². The molecule has 0 amide bonds. The summed E-state index contributed by atoms with van der Waals surface area (Å²) in [7, 11) is 0. The van der Waals surface area contributed by atoms with Gasteiger partial charge in [-0.25, -0.2) is 9.18 Å². The minimum Gasteiger partial charge on any atom is -0.456 e. The molecule has 2 aromatic carbocycles. The quantitative estimate of drug-likeness (QED) is 0.448. The Hall–Kier alpha value is -2.88. The van der Waals surface area contributed by atoms with E-state index in [0.717, 1.165) is 22.1 Å². The first-order chi connectivity index (χ1) is 11.4. The second kappa shape index (κ2) is 5.06. The molecule has 0 unspecified atom stereocenters. The van der Waals surface area contributed by atoms with Crippen molar-refractivity contribution in [1.82, 2.24) is 0 Å². The van der Waals surface area contributed by atoms with E-state index < -0.39 is 5.63 Å². The van der Waals surface area contributed by atoms with Crippen LogP contribution in [0.25, 0.3) is 33.3 Å². The third kappa shape index (κ3) is 2.14. The Kier molecular flexibility index (Phi) is 3.10. The molecule has 0 fully saturated rings. The molecule has 0 aliphatic heterocycles. The van der Waals surface area contributed by atoms with Crippen LogP contribution in [0.15, 0.2) is 50.0 Å². The van der Waals surface area contributed by atoms with Gasteiger partial charge in [-0.1, -0.05) is 0 Å². The molecular formula is C20H15FO3. The fourth-order valence-corrected chi connectivity index (χ4v) is 3.06. The number of rotatable bonds is 1. The number of aryl methyl sites for hydroxylation is 3. The summed E-state index contributed by atoms with van der Waals surface area (Å²) in [6.07, 6.45) is 0. The molecule has 2 aromatic heterocycles. The van der Waals surface area contributed by atoms with Gasteiger partial charge in [0.15, 0.2) is 0 Å². The van der Waals surface area contributed by atoms with Crippen LogP contribution in [0.3, 0.4) is 0 Å². The number of halogens is 1. The molecule has 3 nitrogen and oxygen atoms in total. The van der Waals surface area contributed by atoms with Crippen molar-refractivity contribution in [2.24, 2.45) is 0 Å². The van der Waals surface area contributed by atoms with E-state index in [1.165, 1.54) is 18.2 Å². The highest BCUT2D eigenvalue weighted by Crippen LogP contribution is 2.36. The van der Waals surface area contributed by atoms with Crippen LogP contribution >= 0.6 is 0 Å². The van der Waals surface area contributed by atoms with Gasteiger partial charge in [0.1, 0.15) is 22.7 Å². The van der Waals surface area contributed by atoms with Crippen molar-refractivity contribution in [2.75, 3.05) is 0 Å². The first kappa shape index (κ1) is 14.7. The molecule has 0 aliphatic rings. The second-order valence-electron chi connectivity index (χ2n) is 6.11. The minimum atomic E-state index is -0.438. The molecule has 0 atom stereocenters. The van der Waals surface area contributed by atoms with Gasteiger partial charge in [0.2, 0.25) is 0 Å². The maximum Gasteiger partial charge on any atom is 0.336 e. The molecular weight excluding hydrogens is 307 g/mol. The van der Waals surface area contributed by atoms with Gasteiger partial charge in [-0.15, -0.1) is 0 Å². The lowest BCUT2D eigenvalue weighted by Gasteiger charge is -2.07. The highest BCUT2D eigenvalue weighted by molar-refractivity contribution is 5.97. The van der Waals surface area contributed by atoms with Crippen LogP contribution in [0.2, 0.25) is 0 Å². The van der Waals surface area contributed by atoms with E-state index in [2.05, 4.69) is 0 Å². The fraction of sp³-hybridized carbons (Fsp3) is 0.150. The summed E-state index contributed by atoms with van der Waals surface area (Å²) in [5, 5.41) is 1.51. The van der Waals surface area contributed by atoms with Crippen LogP contribution < -0.4 is 5.63 Å². The largest absolute Gasteiger partial charge is 0.456 e. The van der Waals surface area contributed by atoms with E-state index >= 15 is 0 Å². The van der Waals surface area contributed by atoms with Gasteiger partial charge in [0.25, 0.3) is 0 Å². The molecule has 4 rings (SSSR count). The third-order valence-electron chi connectivity index (χ3n) is 4.50. The van der Waals surface area contributed by atoms with Gasteiger partial charge in [-0.05, 0) is 62.2 Å². The van der Waals surface area contributed by atoms with Gasteiger partial charge in [0.05, 0.1) is 0 Å². The number of furan rings is 1. The SMILES string of the molecule is Cc1cc2oc(=O)cc(-c3oc4ccc(F)cc4c3C)c2cc1C. The van der Waals surface area contributed by atoms with Crippen LogP contribution in [0.4, 0.5) is 4.39 Å². The second-order valence-corrected chi connectivity index (χ2v) is 6.11. The van der Waals surface area contributed by atoms with Crippen molar-refractivity contribution < 1.29 is 13.2 Å². The molecule has 0 N–H and O–H groups in total. The average Bonchev–Trinajstić information content (AvgIpc) is 2.85. The normalized spacial score (nSPS) is 11.5. The van der Waals surface area contributed by atoms with Gasteiger partial charge in [-0.2, -0.15) is 0 Å². The van der Waals surface area contributed by atoms with E-state index in [4.69, 9.17) is 8.83 Å². The maximum absolute atomic E-state index is 13.5. The number of fused-ring (bicyclic) bond motifs is 2. The average molecular weight is 322 g/mol. The van der Waals surface area contributed by atoms with E-state index in [1.807, 2.05) is 32.9 Å². The van der Waals surface area contributed by atoms with Gasteiger partial charge in [-0.3, -0.25) is 0 Å². The van der Waals surface area contributed by atoms with Crippen molar-refractivity contribution in [3.8, 4) is 11.3 Å². The highest BCUT2D eigenvalue weighted by atomic mass is 19.1. The molecule has 2 heterocycles. The molecule has 0 radical (unpaired) electrons. The van der Waals surface area contributed by atoms with E-state index in [-0.39, 0.29) is 5.82 Å². The van der Waals surface area contributed by atoms with Gasteiger partial charge in [0, 0.05) is 28.0 Å². The Bertz CT molecular complexity index is 1170. The summed E-state index contributed by atoms with van der Waals surface area (Å²) in [6, 6.07) is 9.67. The summed E-state index contributed by atoms with van der Waals surface area (Å²) >= 11 is 0. The molecule has 4 heteroatoms. The lowest BCUT2D eigenvalue weighted by atomic mass is 10.00. The Morgan fingerprint density at radius 3 is 2.38 bits per heavy atom. The smallest absolute Gasteiger partial charge is 0.336 e. The topological polar surface area (TPSA) is 43.4 Å². The van der Waals surface area contributed by atoms with Gasteiger partial charge >= 0.3 is 5.63 Å². The molecule has 0 spiro atoms. The molecule has 0 bridgehead atoms. The van der Waals surface area contributed by atoms with E-state index in [1.54, 1.807) is 6.07 Å². The lowest BCUT2D eigenvalue weighted by Crippen LogP contribution is -1.99. The fourth-order valence-electron chi connectivity index (χ4n) is 3.06.